The van der Waals surface area contributed by atoms with E-state index in [4.69, 9.17) is 0 Å². The Labute approximate surface area is 179 Å². The number of hydrogen-bond donors (Lipinski definition) is 1. The Bertz CT molecular complexity index is 830. The molecule has 1 aliphatic rings. The maximum atomic E-state index is 12.7. The third-order valence-electron chi connectivity index (χ3n) is 5.78. The van der Waals surface area contributed by atoms with Crippen LogP contribution in [-0.4, -0.2) is 72.8 Å². The topological polar surface area (TPSA) is 55.9 Å². The summed E-state index contributed by atoms with van der Waals surface area (Å²) in [6.45, 7) is 8.01. The minimum absolute atomic E-state index is 0.000186. The molecule has 6 nitrogen and oxygen atoms in total. The maximum Gasteiger partial charge on any atom is 0.238 e. The van der Waals surface area contributed by atoms with E-state index in [1.165, 1.54) is 5.56 Å². The highest BCUT2D eigenvalue weighted by Crippen LogP contribution is 2.18. The van der Waals surface area contributed by atoms with Crippen LogP contribution in [0.5, 0.6) is 0 Å². The van der Waals surface area contributed by atoms with Crippen molar-refractivity contribution in [2.75, 3.05) is 51.6 Å². The van der Waals surface area contributed by atoms with Crippen molar-refractivity contribution < 1.29 is 9.59 Å². The van der Waals surface area contributed by atoms with Gasteiger partial charge in [0.15, 0.2) is 0 Å². The van der Waals surface area contributed by atoms with Gasteiger partial charge in [-0.15, -0.1) is 0 Å². The van der Waals surface area contributed by atoms with Crippen LogP contribution < -0.4 is 5.32 Å². The molecule has 0 bridgehead atoms. The molecule has 1 unspecified atom stereocenters. The first-order valence-electron chi connectivity index (χ1n) is 10.5. The Morgan fingerprint density at radius 2 is 1.50 bits per heavy atom. The Morgan fingerprint density at radius 1 is 0.933 bits per heavy atom. The molecule has 1 heterocycles. The van der Waals surface area contributed by atoms with Gasteiger partial charge in [0.2, 0.25) is 11.8 Å². The van der Waals surface area contributed by atoms with Crippen LogP contribution >= 0.6 is 0 Å². The Hall–Kier alpha value is -2.70. The van der Waals surface area contributed by atoms with Crippen molar-refractivity contribution in [2.24, 2.45) is 0 Å². The van der Waals surface area contributed by atoms with Crippen LogP contribution in [0.1, 0.15) is 24.1 Å². The number of carbonyl (C=O) groups excluding carboxylic acids is 2. The molecular weight excluding hydrogens is 376 g/mol. The predicted molar refractivity (Wildman–Crippen MR) is 120 cm³/mol. The predicted octanol–water partition coefficient (Wildman–Crippen LogP) is 2.77. The molecular formula is C24H32N4O2. The highest BCUT2D eigenvalue weighted by molar-refractivity contribution is 5.92. The number of rotatable bonds is 7. The van der Waals surface area contributed by atoms with E-state index in [2.05, 4.69) is 34.2 Å². The SMILES string of the molecule is Cc1ccc(NC(=O)CN2CCN(CC(=O)N(C)C(C)c3ccccc3)CC2)cc1. The van der Waals surface area contributed by atoms with Crippen molar-refractivity contribution in [1.29, 1.82) is 0 Å². The largest absolute Gasteiger partial charge is 0.338 e. The molecule has 1 aliphatic heterocycles. The zero-order valence-corrected chi connectivity index (χ0v) is 18.2. The number of nitrogens with one attached hydrogen (secondary N) is 1. The minimum Gasteiger partial charge on any atom is -0.338 e. The van der Waals surface area contributed by atoms with Gasteiger partial charge < -0.3 is 10.2 Å². The van der Waals surface area contributed by atoms with E-state index in [1.807, 2.05) is 61.3 Å². The first kappa shape index (κ1) is 22.0. The standard InChI is InChI=1S/C24H32N4O2/c1-19-9-11-22(12-10-19)25-23(29)17-27-13-15-28(16-14-27)18-24(30)26(3)20(2)21-7-5-4-6-8-21/h4-12,20H,13-18H2,1-3H3,(H,25,29). The third kappa shape index (κ3) is 6.15. The first-order chi connectivity index (χ1) is 14.4. The van der Waals surface area contributed by atoms with Crippen molar-refractivity contribution in [3.05, 3.63) is 65.7 Å². The van der Waals surface area contributed by atoms with E-state index >= 15 is 0 Å². The second kappa shape index (κ2) is 10.4. The fourth-order valence-electron chi connectivity index (χ4n) is 3.62. The van der Waals surface area contributed by atoms with Gasteiger partial charge in [0.05, 0.1) is 19.1 Å². The van der Waals surface area contributed by atoms with E-state index < -0.39 is 0 Å². The lowest BCUT2D eigenvalue weighted by molar-refractivity contribution is -0.133. The summed E-state index contributed by atoms with van der Waals surface area (Å²) in [5.41, 5.74) is 3.13. The lowest BCUT2D eigenvalue weighted by Gasteiger charge is -2.35. The molecule has 2 aromatic rings. The smallest absolute Gasteiger partial charge is 0.238 e. The summed E-state index contributed by atoms with van der Waals surface area (Å²) in [5.74, 6) is 0.122. The average molecular weight is 409 g/mol. The molecule has 2 amide bonds. The van der Waals surface area contributed by atoms with Gasteiger partial charge in [-0.25, -0.2) is 0 Å². The third-order valence-corrected chi connectivity index (χ3v) is 5.78. The number of benzene rings is 2. The summed E-state index contributed by atoms with van der Waals surface area (Å²) < 4.78 is 0. The average Bonchev–Trinajstić information content (AvgIpc) is 2.76. The number of anilines is 1. The molecule has 3 rings (SSSR count). The molecule has 0 spiro atoms. The molecule has 1 N–H and O–H groups in total. The molecule has 1 fully saturated rings. The highest BCUT2D eigenvalue weighted by Gasteiger charge is 2.23. The van der Waals surface area contributed by atoms with Crippen LogP contribution in [0.2, 0.25) is 0 Å². The molecule has 0 saturated carbocycles. The van der Waals surface area contributed by atoms with Gasteiger partial charge in [0.1, 0.15) is 0 Å². The second-order valence-corrected chi connectivity index (χ2v) is 8.06. The van der Waals surface area contributed by atoms with Gasteiger partial charge in [-0.1, -0.05) is 48.0 Å². The Balaban J connectivity index is 1.41. The van der Waals surface area contributed by atoms with Crippen LogP contribution in [0.3, 0.4) is 0 Å². The Kier molecular flexibility index (Phi) is 7.60. The van der Waals surface area contributed by atoms with Crippen LogP contribution in [0.15, 0.2) is 54.6 Å². The lowest BCUT2D eigenvalue weighted by atomic mass is 10.1. The fraction of sp³-hybridized carbons (Fsp3) is 0.417. The molecule has 1 atom stereocenters. The molecule has 0 radical (unpaired) electrons. The van der Waals surface area contributed by atoms with Crippen LogP contribution in [0.4, 0.5) is 5.69 Å². The number of hydrogen-bond acceptors (Lipinski definition) is 4. The maximum absolute atomic E-state index is 12.7. The quantitative estimate of drug-likeness (QED) is 0.766. The van der Waals surface area contributed by atoms with Crippen molar-refractivity contribution in [3.8, 4) is 0 Å². The molecule has 0 aromatic heterocycles. The second-order valence-electron chi connectivity index (χ2n) is 8.06. The number of amides is 2. The van der Waals surface area contributed by atoms with Crippen LogP contribution in [0, 0.1) is 6.92 Å². The lowest BCUT2D eigenvalue weighted by Crippen LogP contribution is -2.51. The van der Waals surface area contributed by atoms with Gasteiger partial charge in [-0.05, 0) is 31.5 Å². The highest BCUT2D eigenvalue weighted by atomic mass is 16.2. The van der Waals surface area contributed by atoms with Gasteiger partial charge in [0.25, 0.3) is 0 Å². The molecule has 0 aliphatic carbocycles. The van der Waals surface area contributed by atoms with E-state index in [1.54, 1.807) is 0 Å². The first-order valence-corrected chi connectivity index (χ1v) is 10.5. The fourth-order valence-corrected chi connectivity index (χ4v) is 3.62. The van der Waals surface area contributed by atoms with E-state index in [0.717, 1.165) is 37.4 Å². The number of likely N-dealkylation sites (N-methyl/N-ethyl adjacent to an activating group) is 1. The summed E-state index contributed by atoms with van der Waals surface area (Å²) in [4.78, 5) is 31.1. The summed E-state index contributed by atoms with van der Waals surface area (Å²) in [5, 5.41) is 2.95. The number of nitrogens with zero attached hydrogens (tertiary/aromatic N) is 3. The van der Waals surface area contributed by atoms with Gasteiger partial charge in [-0.2, -0.15) is 0 Å². The van der Waals surface area contributed by atoms with Gasteiger partial charge in [0, 0.05) is 38.9 Å². The van der Waals surface area contributed by atoms with E-state index in [0.29, 0.717) is 13.1 Å². The molecule has 30 heavy (non-hydrogen) atoms. The van der Waals surface area contributed by atoms with Crippen molar-refractivity contribution >= 4 is 17.5 Å². The van der Waals surface area contributed by atoms with Crippen molar-refractivity contribution in [1.82, 2.24) is 14.7 Å². The summed E-state index contributed by atoms with van der Waals surface area (Å²) >= 11 is 0. The molecule has 1 saturated heterocycles. The van der Waals surface area contributed by atoms with Gasteiger partial charge >= 0.3 is 0 Å². The minimum atomic E-state index is -0.000186. The van der Waals surface area contributed by atoms with Crippen LogP contribution in [0.25, 0.3) is 0 Å². The molecule has 6 heteroatoms. The summed E-state index contributed by atoms with van der Waals surface area (Å²) in [6.07, 6.45) is 0. The number of aryl methyl sites for hydroxylation is 1. The summed E-state index contributed by atoms with van der Waals surface area (Å²) in [6, 6.07) is 17.9. The molecule has 160 valence electrons. The number of piperazine rings is 1. The monoisotopic (exact) mass is 408 g/mol. The van der Waals surface area contributed by atoms with E-state index in [9.17, 15) is 9.59 Å². The number of carbonyl (C=O) groups is 2. The normalized spacial score (nSPS) is 16.1. The molecule has 2 aromatic carbocycles. The van der Waals surface area contributed by atoms with E-state index in [-0.39, 0.29) is 17.9 Å². The van der Waals surface area contributed by atoms with Crippen molar-refractivity contribution in [2.45, 2.75) is 19.9 Å². The zero-order chi connectivity index (χ0) is 21.5. The van der Waals surface area contributed by atoms with Gasteiger partial charge in [-0.3, -0.25) is 19.4 Å². The summed E-state index contributed by atoms with van der Waals surface area (Å²) in [7, 11) is 1.87. The zero-order valence-electron chi connectivity index (χ0n) is 18.2. The Morgan fingerprint density at radius 3 is 2.10 bits per heavy atom. The van der Waals surface area contributed by atoms with Crippen LogP contribution in [-0.2, 0) is 9.59 Å². The van der Waals surface area contributed by atoms with Crippen molar-refractivity contribution in [3.63, 3.8) is 0 Å².